The van der Waals surface area contributed by atoms with E-state index in [0.29, 0.717) is 30.6 Å². The molecule has 2 aliphatic carbocycles. The Morgan fingerprint density at radius 3 is 2.53 bits per heavy atom. The molecule has 0 bridgehead atoms. The Morgan fingerprint density at radius 2 is 1.87 bits per heavy atom. The number of nitrogens with one attached hydrogen (secondary N) is 1. The van der Waals surface area contributed by atoms with Crippen LogP contribution in [0.3, 0.4) is 0 Å². The molecule has 4 aliphatic rings. The van der Waals surface area contributed by atoms with Gasteiger partial charge in [-0.25, -0.2) is 0 Å². The van der Waals surface area contributed by atoms with E-state index in [9.17, 15) is 13.2 Å². The number of piperidine rings is 1. The molecule has 0 aromatic heterocycles. The van der Waals surface area contributed by atoms with Crippen molar-refractivity contribution in [3.63, 3.8) is 0 Å². The average Bonchev–Trinajstić information content (AvgIpc) is 2.67. The van der Waals surface area contributed by atoms with E-state index in [0.717, 1.165) is 45.1 Å². The first-order valence-corrected chi connectivity index (χ1v) is 13.7. The first-order chi connectivity index (χ1) is 14.4. The number of carbonyl (C=O) groups is 1. The van der Waals surface area contributed by atoms with Crippen molar-refractivity contribution in [3.8, 4) is 0 Å². The number of hydrogen-bond donors (Lipinski definition) is 1. The summed E-state index contributed by atoms with van der Waals surface area (Å²) >= 11 is 0. The second kappa shape index (κ2) is 9.15. The van der Waals surface area contributed by atoms with Gasteiger partial charge in [-0.15, -0.1) is 0 Å². The predicted octanol–water partition coefficient (Wildman–Crippen LogP) is 2.73. The zero-order chi connectivity index (χ0) is 21.5. The Morgan fingerprint density at radius 1 is 1.13 bits per heavy atom. The quantitative estimate of drug-likeness (QED) is 0.653. The fourth-order valence-electron chi connectivity index (χ4n) is 7.03. The molecule has 7 unspecified atom stereocenters. The summed E-state index contributed by atoms with van der Waals surface area (Å²) in [6.45, 7) is 8.03. The normalized spacial score (nSPS) is 38.8. The van der Waals surface area contributed by atoms with Crippen molar-refractivity contribution in [2.45, 2.75) is 82.8 Å². The van der Waals surface area contributed by atoms with Gasteiger partial charge in [-0.3, -0.25) is 0 Å². The molecule has 1 N–H and O–H groups in total. The summed E-state index contributed by atoms with van der Waals surface area (Å²) in [5.41, 5.74) is 1.53. The molecule has 0 aromatic rings. The molecular formula is C23H39BN2O3S. The number of fused-ring (bicyclic) bond motifs is 1. The molecular weight excluding hydrogens is 395 g/mol. The molecule has 1 saturated heterocycles. The minimum atomic E-state index is -3.42. The molecule has 7 heteroatoms. The topological polar surface area (TPSA) is 66.5 Å². The third kappa shape index (κ3) is 3.99. The summed E-state index contributed by atoms with van der Waals surface area (Å²) in [4.78, 5) is 12.6. The van der Waals surface area contributed by atoms with Crippen LogP contribution in [0.25, 0.3) is 0 Å². The summed E-state index contributed by atoms with van der Waals surface area (Å²) < 4.78 is 29.9. The van der Waals surface area contributed by atoms with E-state index in [4.69, 9.17) is 0 Å². The first-order valence-electron chi connectivity index (χ1n) is 12.2. The van der Waals surface area contributed by atoms with E-state index in [-0.39, 0.29) is 29.0 Å². The van der Waals surface area contributed by atoms with Gasteiger partial charge in [-0.1, -0.05) is 0 Å². The van der Waals surface area contributed by atoms with Crippen molar-refractivity contribution in [2.75, 3.05) is 20.1 Å². The van der Waals surface area contributed by atoms with Gasteiger partial charge in [-0.2, -0.15) is 0 Å². The van der Waals surface area contributed by atoms with Gasteiger partial charge in [0.1, 0.15) is 0 Å². The van der Waals surface area contributed by atoms with Gasteiger partial charge in [-0.05, 0) is 0 Å². The third-order valence-corrected chi connectivity index (χ3v) is 11.3. The number of carbonyl (C=O) groups excluding carboxylic acids is 1. The Hall–Kier alpha value is -0.525. The monoisotopic (exact) mass is 434 g/mol. The van der Waals surface area contributed by atoms with Gasteiger partial charge in [0.15, 0.2) is 0 Å². The van der Waals surface area contributed by atoms with Gasteiger partial charge in [0.05, 0.1) is 0 Å². The number of hydrogen-bond acceptors (Lipinski definition) is 4. The van der Waals surface area contributed by atoms with Crippen LogP contribution in [0.5, 0.6) is 0 Å². The minimum absolute atomic E-state index is 0.0795. The molecule has 7 atom stereocenters. The van der Waals surface area contributed by atoms with E-state index in [1.54, 1.807) is 0 Å². The third-order valence-electron chi connectivity index (χ3n) is 8.75. The Kier molecular flexibility index (Phi) is 6.91. The van der Waals surface area contributed by atoms with E-state index in [1.807, 2.05) is 11.4 Å². The van der Waals surface area contributed by atoms with E-state index in [1.165, 1.54) is 18.2 Å². The molecule has 2 aliphatic heterocycles. The van der Waals surface area contributed by atoms with Crippen LogP contribution in [-0.4, -0.2) is 62.3 Å². The summed E-state index contributed by atoms with van der Waals surface area (Å²) in [5.74, 6) is 1.51. The zero-order valence-electron chi connectivity index (χ0n) is 19.0. The molecule has 30 heavy (non-hydrogen) atoms. The number of rotatable bonds is 6. The van der Waals surface area contributed by atoms with Gasteiger partial charge in [0.25, 0.3) is 0 Å². The number of nitrogens with zero attached hydrogens (tertiary/aromatic N) is 1. The Labute approximate surface area is 183 Å². The zero-order valence-corrected chi connectivity index (χ0v) is 19.8. The molecule has 168 valence electrons. The van der Waals surface area contributed by atoms with Gasteiger partial charge < -0.3 is 0 Å². The van der Waals surface area contributed by atoms with Gasteiger partial charge >= 0.3 is 184 Å². The van der Waals surface area contributed by atoms with Crippen LogP contribution in [0.15, 0.2) is 0 Å². The van der Waals surface area contributed by atoms with Crippen LogP contribution in [0.2, 0.25) is 6.32 Å². The first kappa shape index (κ1) is 22.7. The number of ketones is 1. The van der Waals surface area contributed by atoms with Crippen LogP contribution in [0.4, 0.5) is 0 Å². The summed E-state index contributed by atoms with van der Waals surface area (Å²) in [6.07, 6.45) is 8.55. The summed E-state index contributed by atoms with van der Waals surface area (Å²) in [5, 5.41) is 3.06. The molecule has 0 spiro atoms. The molecule has 4 rings (SSSR count). The summed E-state index contributed by atoms with van der Waals surface area (Å²) in [7, 11) is -1.41. The average molecular weight is 434 g/mol. The molecule has 5 nitrogen and oxygen atoms in total. The van der Waals surface area contributed by atoms with Crippen molar-refractivity contribution in [1.82, 2.24) is 9.62 Å². The molecule has 2 saturated carbocycles. The molecule has 0 amide bonds. The van der Waals surface area contributed by atoms with Crippen molar-refractivity contribution in [3.05, 3.63) is 0 Å². The second-order valence-electron chi connectivity index (χ2n) is 10.4. The van der Waals surface area contributed by atoms with Crippen LogP contribution >= 0.6 is 0 Å². The van der Waals surface area contributed by atoms with Gasteiger partial charge in [0.2, 0.25) is 0 Å². The number of Topliss-reactive ketones (excluding diaryl/α,β-unsaturated/α-hetero) is 1. The molecule has 3 fully saturated rings. The molecule has 0 radical (unpaired) electrons. The van der Waals surface area contributed by atoms with Crippen LogP contribution in [-0.2, 0) is 14.8 Å². The number of sulfonamides is 1. The van der Waals surface area contributed by atoms with E-state index in [2.05, 4.69) is 26.1 Å². The van der Waals surface area contributed by atoms with E-state index >= 15 is 0 Å². The van der Waals surface area contributed by atoms with Crippen LogP contribution < -0.4 is 5.32 Å². The fourth-order valence-corrected chi connectivity index (χ4v) is 9.63. The van der Waals surface area contributed by atoms with Gasteiger partial charge in [0, 0.05) is 0 Å². The summed E-state index contributed by atoms with van der Waals surface area (Å²) in [6, 6.07) is -0.111. The van der Waals surface area contributed by atoms with Crippen molar-refractivity contribution in [2.24, 2.45) is 29.6 Å². The second-order valence-corrected chi connectivity index (χ2v) is 12.5. The maximum absolute atomic E-state index is 14.0. The predicted molar refractivity (Wildman–Crippen MR) is 123 cm³/mol. The molecule has 0 aromatic carbocycles. The van der Waals surface area contributed by atoms with Crippen molar-refractivity contribution < 1.29 is 13.2 Å². The fraction of sp³-hybridized carbons (Fsp3) is 0.913. The Balaban J connectivity index is 1.59. The van der Waals surface area contributed by atoms with Crippen molar-refractivity contribution >= 4 is 28.2 Å². The Bertz CT molecular complexity index is 783. The van der Waals surface area contributed by atoms with Crippen molar-refractivity contribution in [1.29, 1.82) is 0 Å². The van der Waals surface area contributed by atoms with Crippen LogP contribution in [0, 0.1) is 29.6 Å². The standard InChI is InChI=1S/C23H39BN2O3S/c1-15-6-4-8-18-21(27)11-13-26(23(15)18)30(28,29)22-9-5-7-17(16(22)2)19(14-25-3)20-10-12-24-20/h15-19,22-23,25H,4-14H2,1-3H3. The molecule has 2 heterocycles. The maximum atomic E-state index is 14.0. The van der Waals surface area contributed by atoms with E-state index < -0.39 is 10.0 Å². The SMILES string of the molecule is CNCC(C1=BCC1)C1CCCC(S(=O)(=O)N2CCC(=O)C3CCCC(C)C32)C1C. The van der Waals surface area contributed by atoms with Crippen LogP contribution in [0.1, 0.15) is 65.2 Å².